The van der Waals surface area contributed by atoms with Crippen LogP contribution in [0.15, 0.2) is 18.2 Å². The van der Waals surface area contributed by atoms with E-state index in [-0.39, 0.29) is 17.5 Å². The van der Waals surface area contributed by atoms with Gasteiger partial charge in [0.2, 0.25) is 0 Å². The van der Waals surface area contributed by atoms with Gasteiger partial charge in [-0.25, -0.2) is 0 Å². The van der Waals surface area contributed by atoms with Crippen molar-refractivity contribution >= 4 is 11.6 Å². The van der Waals surface area contributed by atoms with Crippen LogP contribution in [0.3, 0.4) is 0 Å². The maximum Gasteiger partial charge on any atom is 0.137 e. The average Bonchev–Trinajstić information content (AvgIpc) is 2.38. The van der Waals surface area contributed by atoms with Crippen LogP contribution in [0.1, 0.15) is 69.1 Å². The largest absolute Gasteiger partial charge is 0.300 e. The highest BCUT2D eigenvalue weighted by atomic mass is 16.1. The molecule has 0 aromatic heterocycles. The number of hydrogen-bond donors (Lipinski definition) is 0. The second kappa shape index (κ2) is 7.00. The van der Waals surface area contributed by atoms with E-state index in [1.807, 2.05) is 18.2 Å². The summed E-state index contributed by atoms with van der Waals surface area (Å²) >= 11 is 0. The van der Waals surface area contributed by atoms with Gasteiger partial charge in [0.1, 0.15) is 11.6 Å². The maximum absolute atomic E-state index is 11.8. The second-order valence-corrected chi connectivity index (χ2v) is 5.52. The third-order valence-corrected chi connectivity index (χ3v) is 3.52. The zero-order valence-electron chi connectivity index (χ0n) is 12.6. The Bertz CT molecular complexity index is 553. The molecule has 0 fully saturated rings. The van der Waals surface area contributed by atoms with E-state index in [0.29, 0.717) is 24.3 Å². The van der Waals surface area contributed by atoms with Crippen LogP contribution in [0.5, 0.6) is 0 Å². The minimum absolute atomic E-state index is 0.0000435. The minimum atomic E-state index is -0.366. The van der Waals surface area contributed by atoms with Crippen LogP contribution in [0, 0.1) is 11.3 Å². The van der Waals surface area contributed by atoms with Crippen molar-refractivity contribution in [2.24, 2.45) is 0 Å². The average molecular weight is 271 g/mol. The van der Waals surface area contributed by atoms with Gasteiger partial charge in [-0.15, -0.1) is 0 Å². The van der Waals surface area contributed by atoms with Crippen LogP contribution in [-0.4, -0.2) is 11.6 Å². The highest BCUT2D eigenvalue weighted by molar-refractivity contribution is 5.85. The Morgan fingerprint density at radius 3 is 2.35 bits per heavy atom. The molecule has 3 heteroatoms. The highest BCUT2D eigenvalue weighted by Crippen LogP contribution is 2.28. The number of hydrogen-bond acceptors (Lipinski definition) is 3. The summed E-state index contributed by atoms with van der Waals surface area (Å²) in [5, 5.41) is 9.30. The molecule has 106 valence electrons. The highest BCUT2D eigenvalue weighted by Gasteiger charge is 2.21. The lowest BCUT2D eigenvalue weighted by Gasteiger charge is -2.16. The number of nitriles is 1. The first-order valence-corrected chi connectivity index (χ1v) is 6.90. The predicted molar refractivity (Wildman–Crippen MR) is 78.6 cm³/mol. The number of ketones is 2. The van der Waals surface area contributed by atoms with E-state index in [2.05, 4.69) is 19.9 Å². The van der Waals surface area contributed by atoms with Crippen molar-refractivity contribution in [3.8, 4) is 6.07 Å². The van der Waals surface area contributed by atoms with E-state index >= 15 is 0 Å². The fourth-order valence-corrected chi connectivity index (χ4v) is 2.26. The molecule has 0 aliphatic rings. The third kappa shape index (κ3) is 4.03. The number of benzene rings is 1. The molecule has 0 heterocycles. The van der Waals surface area contributed by atoms with Crippen LogP contribution in [-0.2, 0) is 9.59 Å². The summed E-state index contributed by atoms with van der Waals surface area (Å²) in [5.74, 6) is 0.0347. The molecule has 0 aliphatic heterocycles. The Kier molecular flexibility index (Phi) is 5.64. The zero-order valence-corrected chi connectivity index (χ0v) is 12.6. The van der Waals surface area contributed by atoms with Gasteiger partial charge in [0.15, 0.2) is 0 Å². The van der Waals surface area contributed by atoms with Crippen molar-refractivity contribution in [1.29, 1.82) is 5.26 Å². The van der Waals surface area contributed by atoms with Gasteiger partial charge in [0.05, 0.1) is 11.6 Å². The topological polar surface area (TPSA) is 57.9 Å². The molecule has 0 amide bonds. The number of rotatable bonds is 6. The Hall–Kier alpha value is -1.95. The summed E-state index contributed by atoms with van der Waals surface area (Å²) in [4.78, 5) is 22.9. The fraction of sp³-hybridized carbons (Fsp3) is 0.471. The first-order valence-electron chi connectivity index (χ1n) is 6.90. The van der Waals surface area contributed by atoms with Crippen molar-refractivity contribution in [3.05, 3.63) is 34.9 Å². The van der Waals surface area contributed by atoms with E-state index < -0.39 is 0 Å². The van der Waals surface area contributed by atoms with Crippen LogP contribution >= 0.6 is 0 Å². The summed E-state index contributed by atoms with van der Waals surface area (Å²) < 4.78 is 0. The van der Waals surface area contributed by atoms with Crippen LogP contribution in [0.4, 0.5) is 0 Å². The van der Waals surface area contributed by atoms with Crippen LogP contribution in [0.25, 0.3) is 0 Å². The lowest BCUT2D eigenvalue weighted by atomic mass is 9.85. The van der Waals surface area contributed by atoms with E-state index in [1.165, 1.54) is 13.8 Å². The molecule has 0 saturated carbocycles. The number of Topliss-reactive ketones (excluding diaryl/α,β-unsaturated/α-hetero) is 2. The number of carbonyl (C=O) groups is 2. The summed E-state index contributed by atoms with van der Waals surface area (Å²) in [7, 11) is 0. The SMILES string of the molecule is CC(=O)CCC(C(C)=O)c1ccc(C(C)C)cc1C#N. The molecule has 20 heavy (non-hydrogen) atoms. The van der Waals surface area contributed by atoms with E-state index in [9.17, 15) is 14.9 Å². The molecule has 3 nitrogen and oxygen atoms in total. The number of carbonyl (C=O) groups excluding carboxylic acids is 2. The van der Waals surface area contributed by atoms with Gasteiger partial charge < -0.3 is 4.79 Å². The standard InChI is InChI=1S/C17H21NO2/c1-11(2)14-6-8-17(15(9-14)10-18)16(13(4)20)7-5-12(3)19/h6,8-9,11,16H,5,7H2,1-4H3. The normalized spacial score (nSPS) is 12.0. The van der Waals surface area contributed by atoms with Crippen molar-refractivity contribution in [2.45, 2.75) is 52.4 Å². The number of nitrogens with zero attached hydrogens (tertiary/aromatic N) is 1. The molecule has 0 spiro atoms. The van der Waals surface area contributed by atoms with Gasteiger partial charge in [-0.05, 0) is 43.4 Å². The first-order chi connectivity index (χ1) is 9.36. The first kappa shape index (κ1) is 16.1. The Balaban J connectivity index is 3.17. The van der Waals surface area contributed by atoms with Crippen molar-refractivity contribution in [1.82, 2.24) is 0 Å². The summed E-state index contributed by atoms with van der Waals surface area (Å²) in [6.07, 6.45) is 0.835. The van der Waals surface area contributed by atoms with E-state index in [1.54, 1.807) is 0 Å². The Morgan fingerprint density at radius 1 is 1.25 bits per heavy atom. The molecule has 0 aliphatic carbocycles. The molecule has 1 atom stereocenters. The van der Waals surface area contributed by atoms with E-state index in [4.69, 9.17) is 0 Å². The zero-order chi connectivity index (χ0) is 15.3. The summed E-state index contributed by atoms with van der Waals surface area (Å²) in [6, 6.07) is 7.85. The van der Waals surface area contributed by atoms with Gasteiger partial charge in [0, 0.05) is 12.3 Å². The summed E-state index contributed by atoms with van der Waals surface area (Å²) in [5.41, 5.74) is 2.37. The molecule has 0 saturated heterocycles. The van der Waals surface area contributed by atoms with Gasteiger partial charge in [-0.2, -0.15) is 5.26 Å². The molecule has 1 aromatic carbocycles. The Morgan fingerprint density at radius 2 is 1.90 bits per heavy atom. The van der Waals surface area contributed by atoms with Gasteiger partial charge >= 0.3 is 0 Å². The van der Waals surface area contributed by atoms with Crippen LogP contribution in [0.2, 0.25) is 0 Å². The quantitative estimate of drug-likeness (QED) is 0.792. The van der Waals surface area contributed by atoms with Gasteiger partial charge in [-0.3, -0.25) is 4.79 Å². The molecule has 0 radical (unpaired) electrons. The second-order valence-electron chi connectivity index (χ2n) is 5.52. The minimum Gasteiger partial charge on any atom is -0.300 e. The van der Waals surface area contributed by atoms with Crippen LogP contribution < -0.4 is 0 Å². The monoisotopic (exact) mass is 271 g/mol. The van der Waals surface area contributed by atoms with Crippen molar-refractivity contribution in [3.63, 3.8) is 0 Å². The third-order valence-electron chi connectivity index (χ3n) is 3.52. The summed E-state index contributed by atoms with van der Waals surface area (Å²) in [6.45, 7) is 7.16. The Labute approximate surface area is 120 Å². The van der Waals surface area contributed by atoms with Gasteiger partial charge in [0.25, 0.3) is 0 Å². The molecular formula is C17H21NO2. The molecule has 0 N–H and O–H groups in total. The molecule has 1 rings (SSSR count). The van der Waals surface area contributed by atoms with Crippen molar-refractivity contribution < 1.29 is 9.59 Å². The lowest BCUT2D eigenvalue weighted by Crippen LogP contribution is -2.12. The smallest absolute Gasteiger partial charge is 0.137 e. The van der Waals surface area contributed by atoms with Gasteiger partial charge in [-0.1, -0.05) is 26.0 Å². The fourth-order valence-electron chi connectivity index (χ4n) is 2.26. The van der Waals surface area contributed by atoms with Crippen molar-refractivity contribution in [2.75, 3.05) is 0 Å². The predicted octanol–water partition coefficient (Wildman–Crippen LogP) is 3.72. The molecule has 1 unspecified atom stereocenters. The molecule has 0 bridgehead atoms. The molecular weight excluding hydrogens is 250 g/mol. The lowest BCUT2D eigenvalue weighted by molar-refractivity contribution is -0.119. The maximum atomic E-state index is 11.8. The van der Waals surface area contributed by atoms with E-state index in [0.717, 1.165) is 11.1 Å². The molecule has 1 aromatic rings.